The maximum Gasteiger partial charge on any atom is 0.273 e. The van der Waals surface area contributed by atoms with E-state index in [1.807, 2.05) is 26.0 Å². The number of benzene rings is 1. The van der Waals surface area contributed by atoms with Crippen LogP contribution in [-0.2, 0) is 5.75 Å². The number of nitro groups is 1. The summed E-state index contributed by atoms with van der Waals surface area (Å²) in [6, 6.07) is 12.2. The van der Waals surface area contributed by atoms with E-state index in [-0.39, 0.29) is 23.0 Å². The smallest absolute Gasteiger partial charge is 0.273 e. The highest BCUT2D eigenvalue weighted by Crippen LogP contribution is 2.46. The summed E-state index contributed by atoms with van der Waals surface area (Å²) < 4.78 is 5.55. The zero-order valence-corrected chi connectivity index (χ0v) is 18.4. The maximum atomic E-state index is 11.7. The third kappa shape index (κ3) is 3.86. The van der Waals surface area contributed by atoms with Crippen molar-refractivity contribution in [3.05, 3.63) is 85.5 Å². The van der Waals surface area contributed by atoms with Crippen LogP contribution in [-0.4, -0.2) is 20.1 Å². The summed E-state index contributed by atoms with van der Waals surface area (Å²) in [6.07, 6.45) is 0. The van der Waals surface area contributed by atoms with Crippen molar-refractivity contribution in [3.8, 4) is 18.0 Å². The van der Waals surface area contributed by atoms with Crippen LogP contribution in [0, 0.1) is 46.6 Å². The molecule has 0 bridgehead atoms. The van der Waals surface area contributed by atoms with Gasteiger partial charge >= 0.3 is 0 Å². The van der Waals surface area contributed by atoms with Crippen molar-refractivity contribution in [3.63, 3.8) is 0 Å². The quantitative estimate of drug-likeness (QED) is 0.328. The minimum Gasteiger partial charge on any atom is -0.420 e. The zero-order valence-electron chi connectivity index (χ0n) is 17.6. The second kappa shape index (κ2) is 8.65. The third-order valence-electron chi connectivity index (χ3n) is 5.24. The number of hydrogen-bond acceptors (Lipinski definition) is 9. The SMILES string of the molecule is Cc1cc(C)c(C#N)c(SCc2[nH]nc3c2[C@@H](c2ccccc2[N+](=O)[O-])C(C#N)=C(N)O3)n1. The van der Waals surface area contributed by atoms with E-state index in [4.69, 9.17) is 10.5 Å². The number of aromatic nitrogens is 3. The average molecular weight is 459 g/mol. The fraction of sp³-hybridized carbons (Fsp3) is 0.182. The van der Waals surface area contributed by atoms with Gasteiger partial charge in [-0.1, -0.05) is 30.0 Å². The van der Waals surface area contributed by atoms with Crippen molar-refractivity contribution >= 4 is 17.4 Å². The molecule has 3 aromatic rings. The summed E-state index contributed by atoms with van der Waals surface area (Å²) in [4.78, 5) is 15.7. The number of nitriles is 2. The Bertz CT molecular complexity index is 1400. The molecule has 1 aliphatic heterocycles. The first-order valence-corrected chi connectivity index (χ1v) is 10.7. The van der Waals surface area contributed by atoms with Crippen molar-refractivity contribution in [2.24, 2.45) is 5.73 Å². The van der Waals surface area contributed by atoms with Gasteiger partial charge in [0.05, 0.1) is 27.7 Å². The molecule has 0 spiro atoms. The van der Waals surface area contributed by atoms with Crippen molar-refractivity contribution < 1.29 is 9.66 Å². The van der Waals surface area contributed by atoms with Gasteiger partial charge in [0.2, 0.25) is 11.8 Å². The van der Waals surface area contributed by atoms with Gasteiger partial charge in [0.25, 0.3) is 5.69 Å². The number of hydrogen-bond donors (Lipinski definition) is 2. The maximum absolute atomic E-state index is 11.7. The molecule has 0 unspecified atom stereocenters. The molecule has 0 saturated heterocycles. The number of H-pyrrole nitrogens is 1. The Labute approximate surface area is 192 Å². The summed E-state index contributed by atoms with van der Waals surface area (Å²) in [5, 5.41) is 38.7. The molecule has 3 heterocycles. The number of para-hydroxylation sites is 1. The first-order valence-electron chi connectivity index (χ1n) is 9.74. The number of nitro benzene ring substituents is 1. The van der Waals surface area contributed by atoms with Crippen molar-refractivity contribution in [1.29, 1.82) is 10.5 Å². The number of pyridine rings is 1. The second-order valence-electron chi connectivity index (χ2n) is 7.32. The topological polar surface area (TPSA) is 168 Å². The first kappa shape index (κ1) is 21.9. The Morgan fingerprint density at radius 3 is 2.76 bits per heavy atom. The van der Waals surface area contributed by atoms with Gasteiger partial charge in [-0.05, 0) is 25.5 Å². The summed E-state index contributed by atoms with van der Waals surface area (Å²) in [5.41, 5.74) is 9.35. The van der Waals surface area contributed by atoms with Gasteiger partial charge in [0.15, 0.2) is 0 Å². The van der Waals surface area contributed by atoms with Gasteiger partial charge in [-0.2, -0.15) is 10.5 Å². The molecule has 2 aromatic heterocycles. The predicted molar refractivity (Wildman–Crippen MR) is 119 cm³/mol. The zero-order chi connectivity index (χ0) is 23.7. The minimum absolute atomic E-state index is 0.0617. The van der Waals surface area contributed by atoms with E-state index in [0.717, 1.165) is 11.3 Å². The van der Waals surface area contributed by atoms with Crippen molar-refractivity contribution in [2.75, 3.05) is 0 Å². The average Bonchev–Trinajstić information content (AvgIpc) is 3.18. The lowest BCUT2D eigenvalue weighted by Crippen LogP contribution is -2.21. The highest BCUT2D eigenvalue weighted by Gasteiger charge is 2.38. The predicted octanol–water partition coefficient (Wildman–Crippen LogP) is 3.71. The largest absolute Gasteiger partial charge is 0.420 e. The van der Waals surface area contributed by atoms with Crippen molar-refractivity contribution in [1.82, 2.24) is 15.2 Å². The number of thioether (sulfide) groups is 1. The number of nitrogens with two attached hydrogens (primary N) is 1. The van der Waals surface area contributed by atoms with Gasteiger partial charge in [-0.15, -0.1) is 5.10 Å². The monoisotopic (exact) mass is 459 g/mol. The fourth-order valence-electron chi connectivity index (χ4n) is 3.81. The van der Waals surface area contributed by atoms with Gasteiger partial charge in [-0.25, -0.2) is 4.98 Å². The molecule has 1 aliphatic rings. The lowest BCUT2D eigenvalue weighted by atomic mass is 9.83. The van der Waals surface area contributed by atoms with Crippen LogP contribution in [0.5, 0.6) is 5.88 Å². The Morgan fingerprint density at radius 2 is 2.06 bits per heavy atom. The molecule has 0 amide bonds. The van der Waals surface area contributed by atoms with Gasteiger partial charge in [0, 0.05) is 23.1 Å². The number of ether oxygens (including phenoxy) is 1. The Kier molecular flexibility index (Phi) is 5.73. The van der Waals surface area contributed by atoms with E-state index in [0.29, 0.717) is 33.2 Å². The molecule has 164 valence electrons. The Hall–Kier alpha value is -4.35. The van der Waals surface area contributed by atoms with E-state index < -0.39 is 10.8 Å². The van der Waals surface area contributed by atoms with Crippen LogP contribution >= 0.6 is 11.8 Å². The number of allylic oxidation sites excluding steroid dienone is 1. The van der Waals surface area contributed by atoms with E-state index in [2.05, 4.69) is 21.3 Å². The lowest BCUT2D eigenvalue weighted by molar-refractivity contribution is -0.385. The normalized spacial score (nSPS) is 14.7. The molecule has 3 N–H and O–H groups in total. The molecule has 0 aliphatic carbocycles. The van der Waals surface area contributed by atoms with Crippen LogP contribution < -0.4 is 10.5 Å². The number of aromatic amines is 1. The van der Waals surface area contributed by atoms with Crippen LogP contribution in [0.4, 0.5) is 5.69 Å². The standard InChI is InChI=1S/C22H17N7O3S/c1-11-7-12(2)26-22(14(11)8-23)33-10-16-19-18(13-5-3-4-6-17(13)29(30)31)15(9-24)20(25)32-21(19)28-27-16/h3-7,18H,10,25H2,1-2H3,(H,27,28)/t18-/m0/s1. The van der Waals surface area contributed by atoms with Gasteiger partial charge < -0.3 is 10.5 Å². The molecule has 1 aromatic carbocycles. The summed E-state index contributed by atoms with van der Waals surface area (Å²) in [6.45, 7) is 3.70. The van der Waals surface area contributed by atoms with E-state index in [1.165, 1.54) is 17.8 Å². The molecular formula is C22H17N7O3S. The van der Waals surface area contributed by atoms with E-state index in [1.54, 1.807) is 18.2 Å². The Balaban J connectivity index is 1.81. The molecule has 0 fully saturated rings. The number of nitrogens with one attached hydrogen (secondary N) is 1. The summed E-state index contributed by atoms with van der Waals surface area (Å²) >= 11 is 1.32. The molecule has 4 rings (SSSR count). The second-order valence-corrected chi connectivity index (χ2v) is 8.29. The first-order chi connectivity index (χ1) is 15.8. The van der Waals surface area contributed by atoms with Crippen LogP contribution in [0.15, 0.2) is 46.8 Å². The van der Waals surface area contributed by atoms with Gasteiger partial charge in [-0.3, -0.25) is 15.2 Å². The number of aryl methyl sites for hydroxylation is 2. The van der Waals surface area contributed by atoms with Crippen molar-refractivity contribution in [2.45, 2.75) is 30.5 Å². The molecule has 0 radical (unpaired) electrons. The summed E-state index contributed by atoms with van der Waals surface area (Å²) in [7, 11) is 0. The lowest BCUT2D eigenvalue weighted by Gasteiger charge is -2.23. The van der Waals surface area contributed by atoms with Gasteiger partial charge in [0.1, 0.15) is 22.7 Å². The molecule has 0 saturated carbocycles. The molecular weight excluding hydrogens is 442 g/mol. The number of nitrogens with zero attached hydrogens (tertiary/aromatic N) is 5. The summed E-state index contributed by atoms with van der Waals surface area (Å²) in [5.74, 6) is -0.524. The third-order valence-corrected chi connectivity index (χ3v) is 6.24. The number of fused-ring (bicyclic) bond motifs is 1. The molecule has 10 nitrogen and oxygen atoms in total. The fourth-order valence-corrected chi connectivity index (χ4v) is 4.87. The molecule has 1 atom stereocenters. The van der Waals surface area contributed by atoms with E-state index in [9.17, 15) is 20.6 Å². The highest BCUT2D eigenvalue weighted by molar-refractivity contribution is 7.98. The minimum atomic E-state index is -0.836. The Morgan fingerprint density at radius 1 is 1.30 bits per heavy atom. The van der Waals surface area contributed by atoms with Crippen LogP contribution in [0.3, 0.4) is 0 Å². The van der Waals surface area contributed by atoms with Crippen LogP contribution in [0.1, 0.15) is 39.6 Å². The van der Waals surface area contributed by atoms with Crippen LogP contribution in [0.25, 0.3) is 0 Å². The highest BCUT2D eigenvalue weighted by atomic mass is 32.2. The van der Waals surface area contributed by atoms with E-state index >= 15 is 0 Å². The number of rotatable bonds is 5. The molecule has 11 heteroatoms. The molecule has 33 heavy (non-hydrogen) atoms. The van der Waals surface area contributed by atoms with Crippen LogP contribution in [0.2, 0.25) is 0 Å².